The summed E-state index contributed by atoms with van der Waals surface area (Å²) in [5.41, 5.74) is 0. The van der Waals surface area contributed by atoms with E-state index in [4.69, 9.17) is 9.52 Å². The average molecular weight is 187 g/mol. The number of hydrogen-bond donors (Lipinski definition) is 1. The molecule has 0 spiro atoms. The molecule has 1 N–H and O–H groups in total. The summed E-state index contributed by atoms with van der Waals surface area (Å²) in [7, 11) is 0. The van der Waals surface area contributed by atoms with Gasteiger partial charge in [0.05, 0.1) is 12.1 Å². The van der Waals surface area contributed by atoms with E-state index in [1.165, 1.54) is 24.2 Å². The second kappa shape index (κ2) is 4.15. The van der Waals surface area contributed by atoms with Gasteiger partial charge in [-0.2, -0.15) is 0 Å². The van der Waals surface area contributed by atoms with E-state index in [1.807, 2.05) is 0 Å². The van der Waals surface area contributed by atoms with Crippen LogP contribution in [0.2, 0.25) is 0 Å². The Kier molecular flexibility index (Phi) is 3.16. The zero-order valence-corrected chi connectivity index (χ0v) is 7.37. The first-order valence-electron chi connectivity index (χ1n) is 3.45. The normalized spacial score (nSPS) is 12.8. The predicted molar refractivity (Wildman–Crippen MR) is 44.0 cm³/mol. The molecule has 0 aliphatic heterocycles. The van der Waals surface area contributed by atoms with Crippen molar-refractivity contribution in [2.45, 2.75) is 12.1 Å². The van der Waals surface area contributed by atoms with Crippen LogP contribution in [0.25, 0.3) is 0 Å². The molecule has 0 aliphatic carbocycles. The van der Waals surface area contributed by atoms with E-state index >= 15 is 0 Å². The first kappa shape index (κ1) is 9.12. The molecule has 0 aliphatic rings. The number of rotatable bonds is 4. The molecular weight excluding hydrogens is 178 g/mol. The monoisotopic (exact) mass is 187 g/mol. The van der Waals surface area contributed by atoms with Crippen molar-refractivity contribution >= 4 is 17.7 Å². The van der Waals surface area contributed by atoms with Crippen LogP contribution < -0.4 is 0 Å². The van der Waals surface area contributed by atoms with Crippen molar-refractivity contribution in [3.8, 4) is 0 Å². The van der Waals surface area contributed by atoms with Gasteiger partial charge in [0, 0.05) is 5.75 Å². The van der Waals surface area contributed by atoms with Crippen LogP contribution in [0.15, 0.2) is 22.1 Å². The van der Waals surface area contributed by atoms with Crippen LogP contribution in [0.1, 0.15) is 6.92 Å². The van der Waals surface area contributed by atoms with Gasteiger partial charge in [0.25, 0.3) is 5.22 Å². The fraction of sp³-hybridized carbons (Fsp3) is 0.429. The maximum absolute atomic E-state index is 10.4. The molecule has 0 bridgehead atoms. The van der Waals surface area contributed by atoms with Gasteiger partial charge < -0.3 is 9.52 Å². The molecule has 1 atom stereocenters. The van der Waals surface area contributed by atoms with E-state index in [9.17, 15) is 4.79 Å². The molecule has 0 saturated heterocycles. The first-order chi connectivity index (χ1) is 5.70. The summed E-state index contributed by atoms with van der Waals surface area (Å²) < 4.78 is 4.92. The first-order valence-corrected chi connectivity index (χ1v) is 4.44. The molecule has 1 unspecified atom stereocenters. The number of thioether (sulfide) groups is 1. The number of nitrogens with zero attached hydrogens (tertiary/aromatic N) is 1. The summed E-state index contributed by atoms with van der Waals surface area (Å²) in [6, 6.07) is 0. The molecule has 4 nitrogen and oxygen atoms in total. The number of aliphatic carboxylic acids is 1. The van der Waals surface area contributed by atoms with Crippen molar-refractivity contribution in [3.63, 3.8) is 0 Å². The Morgan fingerprint density at radius 2 is 2.67 bits per heavy atom. The zero-order valence-electron chi connectivity index (χ0n) is 6.56. The van der Waals surface area contributed by atoms with Crippen LogP contribution in [-0.2, 0) is 4.79 Å². The Bertz CT molecular complexity index is 247. The number of carbonyl (C=O) groups is 1. The lowest BCUT2D eigenvalue weighted by molar-refractivity contribution is -0.140. The number of carboxylic acids is 1. The standard InChI is InChI=1S/C7H9NO3S/c1-5(6(9)10)4-12-7-8-2-3-11-7/h2-3,5H,4H2,1H3,(H,9,10). The Morgan fingerprint density at radius 1 is 1.92 bits per heavy atom. The third-order valence-electron chi connectivity index (χ3n) is 1.29. The number of carboxylic acid groups (broad SMARTS) is 1. The van der Waals surface area contributed by atoms with Crippen molar-refractivity contribution in [1.29, 1.82) is 0 Å². The van der Waals surface area contributed by atoms with Crippen LogP contribution in [-0.4, -0.2) is 21.8 Å². The lowest BCUT2D eigenvalue weighted by atomic mass is 10.2. The van der Waals surface area contributed by atoms with E-state index in [0.29, 0.717) is 11.0 Å². The third-order valence-corrected chi connectivity index (χ3v) is 2.40. The fourth-order valence-electron chi connectivity index (χ4n) is 0.549. The highest BCUT2D eigenvalue weighted by Crippen LogP contribution is 2.17. The van der Waals surface area contributed by atoms with Gasteiger partial charge in [-0.05, 0) is 0 Å². The molecule has 66 valence electrons. The van der Waals surface area contributed by atoms with Crippen molar-refractivity contribution in [1.82, 2.24) is 4.98 Å². The fourth-order valence-corrected chi connectivity index (χ4v) is 1.34. The van der Waals surface area contributed by atoms with E-state index in [-0.39, 0.29) is 5.92 Å². The van der Waals surface area contributed by atoms with Crippen LogP contribution in [0, 0.1) is 5.92 Å². The van der Waals surface area contributed by atoms with E-state index in [1.54, 1.807) is 6.92 Å². The summed E-state index contributed by atoms with van der Waals surface area (Å²) in [5, 5.41) is 9.06. The van der Waals surface area contributed by atoms with Crippen LogP contribution in [0.5, 0.6) is 0 Å². The van der Waals surface area contributed by atoms with Gasteiger partial charge in [-0.3, -0.25) is 4.79 Å². The minimum atomic E-state index is -0.797. The maximum Gasteiger partial charge on any atom is 0.307 e. The highest BCUT2D eigenvalue weighted by atomic mass is 32.2. The third kappa shape index (κ3) is 2.58. The zero-order chi connectivity index (χ0) is 8.97. The van der Waals surface area contributed by atoms with E-state index in [2.05, 4.69) is 4.98 Å². The summed E-state index contributed by atoms with van der Waals surface area (Å²) in [6.45, 7) is 1.65. The lowest BCUT2D eigenvalue weighted by Crippen LogP contribution is -2.11. The van der Waals surface area contributed by atoms with Crippen molar-refractivity contribution in [2.24, 2.45) is 5.92 Å². The Hall–Kier alpha value is -0.970. The molecule has 1 aromatic rings. The summed E-state index contributed by atoms with van der Waals surface area (Å²) >= 11 is 1.30. The second-order valence-corrected chi connectivity index (χ2v) is 3.32. The summed E-state index contributed by atoms with van der Waals surface area (Å²) in [5.74, 6) is -0.688. The average Bonchev–Trinajstić information content (AvgIpc) is 2.51. The summed E-state index contributed by atoms with van der Waals surface area (Å²) in [6.07, 6.45) is 3.00. The molecule has 0 amide bonds. The molecular formula is C7H9NO3S. The predicted octanol–water partition coefficient (Wildman–Crippen LogP) is 1.49. The SMILES string of the molecule is CC(CSc1ncco1)C(=O)O. The van der Waals surface area contributed by atoms with Crippen molar-refractivity contribution < 1.29 is 14.3 Å². The molecule has 1 aromatic heterocycles. The molecule has 0 radical (unpaired) electrons. The summed E-state index contributed by atoms with van der Waals surface area (Å²) in [4.78, 5) is 14.2. The van der Waals surface area contributed by atoms with Crippen LogP contribution in [0.4, 0.5) is 0 Å². The van der Waals surface area contributed by atoms with Gasteiger partial charge in [-0.25, -0.2) is 4.98 Å². The highest BCUT2D eigenvalue weighted by Gasteiger charge is 2.12. The minimum Gasteiger partial charge on any atom is -0.481 e. The Morgan fingerprint density at radius 3 is 3.17 bits per heavy atom. The lowest BCUT2D eigenvalue weighted by Gasteiger charge is -2.01. The largest absolute Gasteiger partial charge is 0.481 e. The molecule has 5 heteroatoms. The van der Waals surface area contributed by atoms with Gasteiger partial charge in [-0.1, -0.05) is 18.7 Å². The van der Waals surface area contributed by atoms with Crippen LogP contribution >= 0.6 is 11.8 Å². The maximum atomic E-state index is 10.4. The van der Waals surface area contributed by atoms with E-state index < -0.39 is 5.97 Å². The smallest absolute Gasteiger partial charge is 0.307 e. The molecule has 12 heavy (non-hydrogen) atoms. The molecule has 0 fully saturated rings. The molecule has 1 heterocycles. The van der Waals surface area contributed by atoms with Gasteiger partial charge in [0.2, 0.25) is 0 Å². The minimum absolute atomic E-state index is 0.373. The Balaban J connectivity index is 2.31. The van der Waals surface area contributed by atoms with Gasteiger partial charge in [0.15, 0.2) is 0 Å². The molecule has 0 saturated carbocycles. The number of hydrogen-bond acceptors (Lipinski definition) is 4. The Labute approximate surface area is 74.0 Å². The molecule has 0 aromatic carbocycles. The quantitative estimate of drug-likeness (QED) is 0.723. The topological polar surface area (TPSA) is 63.3 Å². The van der Waals surface area contributed by atoms with Crippen molar-refractivity contribution in [2.75, 3.05) is 5.75 Å². The number of aromatic nitrogens is 1. The number of oxazole rings is 1. The second-order valence-electron chi connectivity index (χ2n) is 2.35. The van der Waals surface area contributed by atoms with E-state index in [0.717, 1.165) is 0 Å². The van der Waals surface area contributed by atoms with Gasteiger partial charge in [-0.15, -0.1) is 0 Å². The van der Waals surface area contributed by atoms with Gasteiger partial charge >= 0.3 is 5.97 Å². The molecule has 1 rings (SSSR count). The van der Waals surface area contributed by atoms with Crippen LogP contribution in [0.3, 0.4) is 0 Å². The van der Waals surface area contributed by atoms with Crippen molar-refractivity contribution in [3.05, 3.63) is 12.5 Å². The highest BCUT2D eigenvalue weighted by molar-refractivity contribution is 7.99. The van der Waals surface area contributed by atoms with Gasteiger partial charge in [0.1, 0.15) is 6.26 Å².